The molecule has 0 saturated carbocycles. The molecule has 75 heavy (non-hydrogen) atoms. The van der Waals surface area contributed by atoms with Crippen molar-refractivity contribution < 1.29 is 28.6 Å². The van der Waals surface area contributed by atoms with Gasteiger partial charge in [-0.1, -0.05) is 251 Å². The van der Waals surface area contributed by atoms with Crippen molar-refractivity contribution in [1.82, 2.24) is 0 Å². The lowest BCUT2D eigenvalue weighted by Crippen LogP contribution is -2.30. The van der Waals surface area contributed by atoms with Gasteiger partial charge in [-0.05, 0) is 128 Å². The number of allylic oxidation sites excluding steroid dienone is 20. The van der Waals surface area contributed by atoms with E-state index >= 15 is 0 Å². The number of carbonyl (C=O) groups is 3. The Bertz CT molecular complexity index is 1570. The molecule has 0 aliphatic carbocycles. The molecule has 6 heteroatoms. The van der Waals surface area contributed by atoms with Crippen molar-refractivity contribution in [2.24, 2.45) is 0 Å². The van der Waals surface area contributed by atoms with Crippen LogP contribution in [-0.4, -0.2) is 37.2 Å². The predicted octanol–water partition coefficient (Wildman–Crippen LogP) is 21.2. The Morgan fingerprint density at radius 3 is 0.867 bits per heavy atom. The van der Waals surface area contributed by atoms with E-state index in [1.807, 2.05) is 0 Å². The van der Waals surface area contributed by atoms with E-state index in [0.717, 1.165) is 148 Å². The molecule has 0 aliphatic rings. The molecule has 0 aromatic heterocycles. The number of ether oxygens (including phenoxy) is 3. The lowest BCUT2D eigenvalue weighted by Gasteiger charge is -2.18. The van der Waals surface area contributed by atoms with Crippen molar-refractivity contribution >= 4 is 17.9 Å². The molecule has 0 aliphatic heterocycles. The summed E-state index contributed by atoms with van der Waals surface area (Å²) in [7, 11) is 0. The Kier molecular flexibility index (Phi) is 58.9. The van der Waals surface area contributed by atoms with Gasteiger partial charge in [0.25, 0.3) is 0 Å². The van der Waals surface area contributed by atoms with E-state index in [2.05, 4.69) is 142 Å². The van der Waals surface area contributed by atoms with Gasteiger partial charge in [-0.25, -0.2) is 0 Å². The summed E-state index contributed by atoms with van der Waals surface area (Å²) in [4.78, 5) is 38.3. The molecular weight excluding hydrogens is 925 g/mol. The van der Waals surface area contributed by atoms with Crippen LogP contribution in [0, 0.1) is 0 Å². The van der Waals surface area contributed by atoms with Crippen molar-refractivity contribution in [3.8, 4) is 0 Å². The Hall–Kier alpha value is -4.19. The molecule has 0 N–H and O–H groups in total. The van der Waals surface area contributed by atoms with Gasteiger partial charge in [0.15, 0.2) is 6.10 Å². The van der Waals surface area contributed by atoms with Crippen LogP contribution in [0.2, 0.25) is 0 Å². The molecule has 0 fully saturated rings. The molecule has 426 valence electrons. The summed E-state index contributed by atoms with van der Waals surface area (Å²) in [6.07, 6.45) is 86.2. The summed E-state index contributed by atoms with van der Waals surface area (Å²) in [6, 6.07) is 0. The van der Waals surface area contributed by atoms with Crippen LogP contribution in [0.15, 0.2) is 122 Å². The summed E-state index contributed by atoms with van der Waals surface area (Å²) in [5.41, 5.74) is 0. The highest BCUT2D eigenvalue weighted by molar-refractivity contribution is 5.71. The van der Waals surface area contributed by atoms with Crippen LogP contribution in [0.3, 0.4) is 0 Å². The number of unbranched alkanes of at least 4 members (excludes halogenated alkanes) is 24. The molecule has 1 atom stereocenters. The zero-order valence-corrected chi connectivity index (χ0v) is 48.8. The molecule has 0 aromatic rings. The molecular formula is C69H114O6. The van der Waals surface area contributed by atoms with Gasteiger partial charge in [0.1, 0.15) is 13.2 Å². The second-order valence-electron chi connectivity index (χ2n) is 20.2. The van der Waals surface area contributed by atoms with Gasteiger partial charge in [-0.15, -0.1) is 0 Å². The van der Waals surface area contributed by atoms with Crippen LogP contribution in [0.1, 0.15) is 278 Å². The molecule has 0 bridgehead atoms. The van der Waals surface area contributed by atoms with Crippen molar-refractivity contribution in [3.05, 3.63) is 122 Å². The first kappa shape index (κ1) is 70.8. The van der Waals surface area contributed by atoms with Gasteiger partial charge in [0.05, 0.1) is 0 Å². The molecule has 0 aromatic carbocycles. The fraction of sp³-hybridized carbons (Fsp3) is 0.667. The number of hydrogen-bond donors (Lipinski definition) is 0. The molecule has 1 unspecified atom stereocenters. The number of rotatable bonds is 55. The zero-order valence-electron chi connectivity index (χ0n) is 48.8. The third-order valence-electron chi connectivity index (χ3n) is 12.9. The summed E-state index contributed by atoms with van der Waals surface area (Å²) < 4.78 is 16.9. The van der Waals surface area contributed by atoms with E-state index in [9.17, 15) is 14.4 Å². The summed E-state index contributed by atoms with van der Waals surface area (Å²) in [6.45, 7) is 6.42. The first-order valence-electron chi connectivity index (χ1n) is 31.0. The minimum absolute atomic E-state index is 0.0924. The molecule has 0 heterocycles. The normalized spacial score (nSPS) is 12.9. The van der Waals surface area contributed by atoms with Crippen LogP contribution in [0.4, 0.5) is 0 Å². The summed E-state index contributed by atoms with van der Waals surface area (Å²) in [5.74, 6) is -0.920. The standard InChI is InChI=1S/C69H114O6/c1-4-7-10-13-16-19-22-25-27-29-30-31-32-33-34-35-36-37-38-40-41-44-47-50-53-56-59-62-68(71)74-65-66(64-73-67(70)61-58-55-52-49-46-43-24-21-18-15-12-9-6-3)75-69(72)63-60-57-54-51-48-45-42-39-28-26-23-20-17-14-11-8-5-2/h7,10,12,15-17,19-21,24-28,30-31,33-34,36-37,66H,4-6,8-9,11,13-14,18,22-23,29,32,35,38-65H2,1-3H3/b10-7-,15-12-,19-16-,20-17-,24-21-,27-25-,28-26-,31-30-,34-33-,37-36-. The fourth-order valence-electron chi connectivity index (χ4n) is 8.28. The lowest BCUT2D eigenvalue weighted by atomic mass is 10.1. The van der Waals surface area contributed by atoms with E-state index < -0.39 is 6.10 Å². The quantitative estimate of drug-likeness (QED) is 0.0261. The van der Waals surface area contributed by atoms with Gasteiger partial charge in [-0.2, -0.15) is 0 Å². The smallest absolute Gasteiger partial charge is 0.306 e. The Morgan fingerprint density at radius 2 is 0.547 bits per heavy atom. The van der Waals surface area contributed by atoms with Crippen molar-refractivity contribution in [3.63, 3.8) is 0 Å². The summed E-state index contributed by atoms with van der Waals surface area (Å²) >= 11 is 0. The van der Waals surface area contributed by atoms with Gasteiger partial charge in [0, 0.05) is 19.3 Å². The highest BCUT2D eigenvalue weighted by atomic mass is 16.6. The van der Waals surface area contributed by atoms with Crippen molar-refractivity contribution in [2.75, 3.05) is 13.2 Å². The average molecular weight is 1040 g/mol. The second-order valence-corrected chi connectivity index (χ2v) is 20.2. The van der Waals surface area contributed by atoms with Crippen molar-refractivity contribution in [1.29, 1.82) is 0 Å². The largest absolute Gasteiger partial charge is 0.462 e. The molecule has 0 amide bonds. The maximum atomic E-state index is 12.9. The Labute approximate surface area is 462 Å². The molecule has 0 rings (SSSR count). The maximum absolute atomic E-state index is 12.9. The fourth-order valence-corrected chi connectivity index (χ4v) is 8.28. The Morgan fingerprint density at radius 1 is 0.280 bits per heavy atom. The lowest BCUT2D eigenvalue weighted by molar-refractivity contribution is -0.167. The highest BCUT2D eigenvalue weighted by Crippen LogP contribution is 2.15. The first-order valence-corrected chi connectivity index (χ1v) is 31.0. The predicted molar refractivity (Wildman–Crippen MR) is 325 cm³/mol. The minimum Gasteiger partial charge on any atom is -0.462 e. The van der Waals surface area contributed by atoms with Crippen LogP contribution in [0.5, 0.6) is 0 Å². The highest BCUT2D eigenvalue weighted by Gasteiger charge is 2.19. The summed E-state index contributed by atoms with van der Waals surface area (Å²) in [5, 5.41) is 0. The SMILES string of the molecule is CC/C=C\C/C=C\C/C=C\C/C=C\C/C=C\C/C=C\CCCCCCCCCCC(=O)OCC(COC(=O)CCCCCCC/C=C\C/C=C\CCC)OC(=O)CCCCCCCCC/C=C\C/C=C\CCCCC. The van der Waals surface area contributed by atoms with Crippen molar-refractivity contribution in [2.45, 2.75) is 284 Å². The molecule has 0 spiro atoms. The van der Waals surface area contributed by atoms with Crippen LogP contribution < -0.4 is 0 Å². The number of hydrogen-bond acceptors (Lipinski definition) is 6. The first-order chi connectivity index (χ1) is 37.0. The molecule has 6 nitrogen and oxygen atoms in total. The van der Waals surface area contributed by atoms with Crippen LogP contribution in [-0.2, 0) is 28.6 Å². The van der Waals surface area contributed by atoms with E-state index in [1.54, 1.807) is 0 Å². The topological polar surface area (TPSA) is 78.9 Å². The van der Waals surface area contributed by atoms with Gasteiger partial charge in [-0.3, -0.25) is 14.4 Å². The van der Waals surface area contributed by atoms with Crippen LogP contribution >= 0.6 is 0 Å². The molecule has 0 saturated heterocycles. The van der Waals surface area contributed by atoms with Gasteiger partial charge < -0.3 is 14.2 Å². The van der Waals surface area contributed by atoms with E-state index in [1.165, 1.54) is 89.9 Å². The van der Waals surface area contributed by atoms with E-state index in [-0.39, 0.29) is 31.1 Å². The monoisotopic (exact) mass is 1040 g/mol. The molecule has 0 radical (unpaired) electrons. The Balaban J connectivity index is 4.36. The maximum Gasteiger partial charge on any atom is 0.306 e. The second kappa shape index (κ2) is 62.4. The van der Waals surface area contributed by atoms with E-state index in [0.29, 0.717) is 19.3 Å². The minimum atomic E-state index is -0.796. The third-order valence-corrected chi connectivity index (χ3v) is 12.9. The number of esters is 3. The zero-order chi connectivity index (χ0) is 54.3. The third kappa shape index (κ3) is 60.6. The van der Waals surface area contributed by atoms with Gasteiger partial charge >= 0.3 is 17.9 Å². The van der Waals surface area contributed by atoms with Crippen LogP contribution in [0.25, 0.3) is 0 Å². The van der Waals surface area contributed by atoms with Gasteiger partial charge in [0.2, 0.25) is 0 Å². The number of carbonyl (C=O) groups excluding carboxylic acids is 3. The average Bonchev–Trinajstić information content (AvgIpc) is 3.41. The van der Waals surface area contributed by atoms with E-state index in [4.69, 9.17) is 14.2 Å².